The Morgan fingerprint density at radius 1 is 0.971 bits per heavy atom. The van der Waals surface area contributed by atoms with E-state index in [4.69, 9.17) is 0 Å². The number of ketones is 1. The van der Waals surface area contributed by atoms with Crippen LogP contribution in [-0.4, -0.2) is 52.3 Å². The molecule has 3 heterocycles. The van der Waals surface area contributed by atoms with Gasteiger partial charge in [0.1, 0.15) is 0 Å². The van der Waals surface area contributed by atoms with Crippen molar-refractivity contribution in [2.24, 2.45) is 0 Å². The van der Waals surface area contributed by atoms with Crippen molar-refractivity contribution in [2.45, 2.75) is 26.8 Å². The molecule has 2 aromatic heterocycles. The lowest BCUT2D eigenvalue weighted by atomic mass is 10.0. The third kappa shape index (κ3) is 4.41. The maximum absolute atomic E-state index is 11.8. The fraction of sp³-hybridized carbons (Fsp3) is 0.286. The molecular weight excluding hydrogens is 422 g/mol. The normalized spacial score (nSPS) is 14.6. The largest absolute Gasteiger partial charge is 0.369 e. The van der Waals surface area contributed by atoms with Crippen LogP contribution in [0.1, 0.15) is 31.1 Å². The number of Topliss-reactive ketones (excluding diaryl/α,β-unsaturated/α-hetero) is 1. The van der Waals surface area contributed by atoms with Crippen LogP contribution in [0.5, 0.6) is 0 Å². The van der Waals surface area contributed by atoms with Crippen molar-refractivity contribution in [1.82, 2.24) is 14.3 Å². The highest BCUT2D eigenvalue weighted by Crippen LogP contribution is 2.29. The van der Waals surface area contributed by atoms with Crippen LogP contribution in [0.15, 0.2) is 73.1 Å². The summed E-state index contributed by atoms with van der Waals surface area (Å²) in [5.74, 6) is 0.0623. The van der Waals surface area contributed by atoms with E-state index in [9.17, 15) is 4.79 Å². The van der Waals surface area contributed by atoms with Gasteiger partial charge in [-0.25, -0.2) is 4.98 Å². The molecule has 0 bridgehead atoms. The van der Waals surface area contributed by atoms with Crippen molar-refractivity contribution < 1.29 is 4.79 Å². The average Bonchev–Trinajstić information content (AvgIpc) is 3.35. The smallest absolute Gasteiger partial charge is 0.161 e. The van der Waals surface area contributed by atoms with Gasteiger partial charge in [0.25, 0.3) is 0 Å². The first-order valence-electron chi connectivity index (χ1n) is 11.9. The Labute approximate surface area is 200 Å². The molecule has 174 valence electrons. The molecule has 1 saturated heterocycles. The second-order valence-corrected chi connectivity index (χ2v) is 9.18. The lowest BCUT2D eigenvalue weighted by molar-refractivity contribution is 0.101. The van der Waals surface area contributed by atoms with E-state index in [0.29, 0.717) is 11.6 Å². The topological polar surface area (TPSA) is 52.9 Å². The fourth-order valence-corrected chi connectivity index (χ4v) is 4.65. The molecule has 1 aliphatic heterocycles. The highest BCUT2D eigenvalue weighted by molar-refractivity contribution is 5.95. The van der Waals surface area contributed by atoms with Gasteiger partial charge in [0.2, 0.25) is 0 Å². The maximum Gasteiger partial charge on any atom is 0.161 e. The van der Waals surface area contributed by atoms with Gasteiger partial charge in [-0.2, -0.15) is 0 Å². The van der Waals surface area contributed by atoms with Crippen LogP contribution in [-0.2, 0) is 0 Å². The molecule has 1 fully saturated rings. The lowest BCUT2D eigenvalue weighted by Crippen LogP contribution is -2.48. The Balaban J connectivity index is 1.35. The molecule has 4 aromatic rings. The first-order chi connectivity index (χ1) is 16.5. The van der Waals surface area contributed by atoms with Gasteiger partial charge < -0.3 is 10.2 Å². The molecule has 0 amide bonds. The van der Waals surface area contributed by atoms with Gasteiger partial charge in [0.05, 0.1) is 11.4 Å². The van der Waals surface area contributed by atoms with E-state index in [1.54, 1.807) is 13.1 Å². The van der Waals surface area contributed by atoms with Gasteiger partial charge in [0.15, 0.2) is 11.4 Å². The van der Waals surface area contributed by atoms with Crippen LogP contribution in [0.3, 0.4) is 0 Å². The molecule has 1 aliphatic rings. The van der Waals surface area contributed by atoms with E-state index in [0.717, 1.165) is 54.5 Å². The summed E-state index contributed by atoms with van der Waals surface area (Å²) in [4.78, 5) is 21.4. The number of aromatic nitrogens is 2. The number of benzene rings is 2. The number of hydrogen-bond donors (Lipinski definition) is 1. The molecule has 6 heteroatoms. The average molecular weight is 454 g/mol. The van der Waals surface area contributed by atoms with Crippen molar-refractivity contribution in [3.05, 3.63) is 78.6 Å². The van der Waals surface area contributed by atoms with E-state index >= 15 is 0 Å². The summed E-state index contributed by atoms with van der Waals surface area (Å²) >= 11 is 0. The third-order valence-electron chi connectivity index (χ3n) is 6.67. The standard InChI is InChI=1S/C28H31N5O/c1-20(2)31-15-17-32(18-16-31)25-9-7-24(8-10-25)30-26-11-12-27(33-14-13-29-28(26)33)23-6-4-5-22(19-23)21(3)34/h4-14,19-20,30H,15-18H2,1-3H3. The zero-order chi connectivity index (χ0) is 23.7. The number of imidazole rings is 1. The summed E-state index contributed by atoms with van der Waals surface area (Å²) in [6.07, 6.45) is 3.76. The number of carbonyl (C=O) groups is 1. The number of rotatable bonds is 6. The number of anilines is 3. The molecule has 34 heavy (non-hydrogen) atoms. The van der Waals surface area contributed by atoms with E-state index in [1.165, 1.54) is 5.69 Å². The number of nitrogens with one attached hydrogen (secondary N) is 1. The molecule has 2 aromatic carbocycles. The monoisotopic (exact) mass is 453 g/mol. The van der Waals surface area contributed by atoms with Crippen LogP contribution in [0.2, 0.25) is 0 Å². The minimum absolute atomic E-state index is 0.0623. The van der Waals surface area contributed by atoms with Crippen LogP contribution in [0, 0.1) is 0 Å². The Hall–Kier alpha value is -3.64. The van der Waals surface area contributed by atoms with Crippen LogP contribution in [0.25, 0.3) is 16.9 Å². The number of hydrogen-bond acceptors (Lipinski definition) is 5. The summed E-state index contributed by atoms with van der Waals surface area (Å²) in [7, 11) is 0. The van der Waals surface area contributed by atoms with Crippen molar-refractivity contribution in [1.29, 1.82) is 0 Å². The fourth-order valence-electron chi connectivity index (χ4n) is 4.65. The Bertz CT molecular complexity index is 1300. The predicted molar refractivity (Wildman–Crippen MR) is 139 cm³/mol. The van der Waals surface area contributed by atoms with Crippen LogP contribution < -0.4 is 10.2 Å². The zero-order valence-electron chi connectivity index (χ0n) is 20.0. The highest BCUT2D eigenvalue weighted by Gasteiger charge is 2.19. The summed E-state index contributed by atoms with van der Waals surface area (Å²) in [6.45, 7) is 10.5. The summed E-state index contributed by atoms with van der Waals surface area (Å²) < 4.78 is 2.06. The summed E-state index contributed by atoms with van der Waals surface area (Å²) in [5, 5.41) is 3.53. The van der Waals surface area contributed by atoms with Crippen molar-refractivity contribution in [2.75, 3.05) is 36.4 Å². The van der Waals surface area contributed by atoms with Gasteiger partial charge in [-0.15, -0.1) is 0 Å². The number of fused-ring (bicyclic) bond motifs is 1. The van der Waals surface area contributed by atoms with Gasteiger partial charge in [-0.05, 0) is 68.8 Å². The van der Waals surface area contributed by atoms with Crippen molar-refractivity contribution in [3.63, 3.8) is 0 Å². The highest BCUT2D eigenvalue weighted by atomic mass is 16.1. The number of pyridine rings is 1. The molecule has 1 N–H and O–H groups in total. The van der Waals surface area contributed by atoms with Gasteiger partial charge >= 0.3 is 0 Å². The Kier molecular flexibility index (Phi) is 6.07. The molecule has 0 unspecified atom stereocenters. The second kappa shape index (κ2) is 9.31. The molecule has 0 radical (unpaired) electrons. The van der Waals surface area contributed by atoms with Gasteiger partial charge in [-0.3, -0.25) is 14.1 Å². The van der Waals surface area contributed by atoms with Crippen LogP contribution >= 0.6 is 0 Å². The number of carbonyl (C=O) groups excluding carboxylic acids is 1. The number of piperazine rings is 1. The Morgan fingerprint density at radius 3 is 2.44 bits per heavy atom. The molecule has 6 nitrogen and oxygen atoms in total. The van der Waals surface area contributed by atoms with E-state index in [2.05, 4.69) is 74.7 Å². The second-order valence-electron chi connectivity index (χ2n) is 9.18. The molecule has 0 saturated carbocycles. The maximum atomic E-state index is 11.8. The van der Waals surface area contributed by atoms with Gasteiger partial charge in [0, 0.05) is 61.6 Å². The first-order valence-corrected chi connectivity index (χ1v) is 11.9. The van der Waals surface area contributed by atoms with Crippen molar-refractivity contribution >= 4 is 28.5 Å². The Morgan fingerprint density at radius 2 is 1.74 bits per heavy atom. The molecular formula is C28H31N5O. The van der Waals surface area contributed by atoms with E-state index < -0.39 is 0 Å². The SMILES string of the molecule is CC(=O)c1cccc(-c2ccc(Nc3ccc(N4CCN(C(C)C)CC4)cc3)c3nccn23)c1. The molecule has 0 aliphatic carbocycles. The predicted octanol–water partition coefficient (Wildman–Crippen LogP) is 5.48. The number of nitrogens with zero attached hydrogens (tertiary/aromatic N) is 4. The van der Waals surface area contributed by atoms with Gasteiger partial charge in [-0.1, -0.05) is 18.2 Å². The third-order valence-corrected chi connectivity index (χ3v) is 6.67. The van der Waals surface area contributed by atoms with Crippen LogP contribution in [0.4, 0.5) is 17.1 Å². The van der Waals surface area contributed by atoms with E-state index in [1.807, 2.05) is 30.5 Å². The quantitative estimate of drug-likeness (QED) is 0.392. The molecule has 0 atom stereocenters. The lowest BCUT2D eigenvalue weighted by Gasteiger charge is -2.38. The summed E-state index contributed by atoms with van der Waals surface area (Å²) in [5.41, 5.74) is 6.77. The summed E-state index contributed by atoms with van der Waals surface area (Å²) in [6, 6.07) is 21.1. The molecule has 0 spiro atoms. The van der Waals surface area contributed by atoms with E-state index in [-0.39, 0.29) is 5.78 Å². The van der Waals surface area contributed by atoms with Crippen molar-refractivity contribution in [3.8, 4) is 11.3 Å². The minimum atomic E-state index is 0.0623. The zero-order valence-corrected chi connectivity index (χ0v) is 20.0. The first kappa shape index (κ1) is 22.2. The minimum Gasteiger partial charge on any atom is -0.369 e. The molecule has 5 rings (SSSR count).